The molecule has 0 unspecified atom stereocenters. The maximum absolute atomic E-state index is 11.0. The number of hydrogen-bond acceptors (Lipinski definition) is 1. The Bertz CT molecular complexity index is 448. The van der Waals surface area contributed by atoms with E-state index >= 15 is 0 Å². The van der Waals surface area contributed by atoms with Crippen LogP contribution in [0.1, 0.15) is 16.7 Å². The summed E-state index contributed by atoms with van der Waals surface area (Å²) in [5.74, 6) is 0. The predicted octanol–water partition coefficient (Wildman–Crippen LogP) is 2.51. The lowest BCUT2D eigenvalue weighted by molar-refractivity contribution is 1.33. The van der Waals surface area contributed by atoms with Crippen LogP contribution in [0.25, 0.3) is 11.1 Å². The minimum atomic E-state index is 0.190. The van der Waals surface area contributed by atoms with Gasteiger partial charge in [0, 0.05) is 5.56 Å². The molecule has 0 aromatic heterocycles. The van der Waals surface area contributed by atoms with Gasteiger partial charge in [-0.25, -0.2) is 0 Å². The number of benzene rings is 1. The zero-order valence-corrected chi connectivity index (χ0v) is 8.14. The first kappa shape index (κ1) is 8.24. The Balaban J connectivity index is 2.65. The molecule has 2 rings (SSSR count). The maximum Gasteiger partial charge on any atom is 0.187 e. The molecule has 0 saturated heterocycles. The molecule has 0 heterocycles. The van der Waals surface area contributed by atoms with Gasteiger partial charge in [0.25, 0.3) is 0 Å². The maximum atomic E-state index is 11.0. The molecule has 1 heteroatoms. The van der Waals surface area contributed by atoms with Crippen LogP contribution < -0.4 is 5.43 Å². The highest BCUT2D eigenvalue weighted by Gasteiger charge is 2.15. The molecule has 13 heavy (non-hydrogen) atoms. The molecule has 0 bridgehead atoms. The van der Waals surface area contributed by atoms with E-state index in [4.69, 9.17) is 0 Å². The fourth-order valence-corrected chi connectivity index (χ4v) is 1.90. The summed E-state index contributed by atoms with van der Waals surface area (Å²) in [5.41, 5.74) is 5.89. The Kier molecular flexibility index (Phi) is 1.62. The van der Waals surface area contributed by atoms with E-state index < -0.39 is 0 Å². The van der Waals surface area contributed by atoms with Crippen LogP contribution in [0.2, 0.25) is 0 Å². The smallest absolute Gasteiger partial charge is 0.187 e. The van der Waals surface area contributed by atoms with Gasteiger partial charge in [-0.1, -0.05) is 17.7 Å². The molecule has 0 amide bonds. The molecule has 2 aromatic carbocycles. The highest BCUT2D eigenvalue weighted by atomic mass is 16.1. The standard InChI is InChI=1S/C12H12O/c1-7-4-8(2)12(9(3)5-7)10-6-11(10)13/h4-6H,1-3H3. The third-order valence-corrected chi connectivity index (χ3v) is 2.40. The van der Waals surface area contributed by atoms with Crippen LogP contribution in [0.5, 0.6) is 0 Å². The van der Waals surface area contributed by atoms with Crippen molar-refractivity contribution >= 4 is 0 Å². The summed E-state index contributed by atoms with van der Waals surface area (Å²) < 4.78 is 0. The number of hydrogen-bond donors (Lipinski definition) is 0. The van der Waals surface area contributed by atoms with Gasteiger partial charge in [0.1, 0.15) is 0 Å². The monoisotopic (exact) mass is 172 g/mol. The van der Waals surface area contributed by atoms with E-state index in [1.807, 2.05) is 0 Å². The van der Waals surface area contributed by atoms with Gasteiger partial charge in [-0.3, -0.25) is 4.79 Å². The van der Waals surface area contributed by atoms with Crippen LogP contribution in [0, 0.1) is 20.8 Å². The molecule has 0 atom stereocenters. The normalized spacial score (nSPS) is 11.0. The Labute approximate surface area is 77.7 Å². The third-order valence-electron chi connectivity index (χ3n) is 2.40. The molecular formula is C12H12O. The second kappa shape index (κ2) is 2.56. The van der Waals surface area contributed by atoms with E-state index in [1.165, 1.54) is 16.7 Å². The summed E-state index contributed by atoms with van der Waals surface area (Å²) in [7, 11) is 0. The summed E-state index contributed by atoms with van der Waals surface area (Å²) in [6.07, 6.45) is 0. The molecule has 0 aliphatic heterocycles. The SMILES string of the molecule is Cc1cc(C)c(-c2cc2=O)c(C)c1. The zero-order valence-electron chi connectivity index (χ0n) is 8.14. The molecule has 0 aliphatic carbocycles. The molecule has 66 valence electrons. The number of rotatable bonds is 1. The van der Waals surface area contributed by atoms with Crippen LogP contribution in [0.4, 0.5) is 0 Å². The van der Waals surface area contributed by atoms with Gasteiger partial charge in [0.15, 0.2) is 5.43 Å². The first-order valence-corrected chi connectivity index (χ1v) is 4.44. The minimum absolute atomic E-state index is 0.190. The lowest BCUT2D eigenvalue weighted by Crippen LogP contribution is -1.88. The Hall–Kier alpha value is -1.37. The second-order valence-corrected chi connectivity index (χ2v) is 3.70. The van der Waals surface area contributed by atoms with Crippen molar-refractivity contribution < 1.29 is 0 Å². The molecular weight excluding hydrogens is 160 g/mol. The van der Waals surface area contributed by atoms with Gasteiger partial charge in [0.05, 0.1) is 0 Å². The fourth-order valence-electron chi connectivity index (χ4n) is 1.90. The van der Waals surface area contributed by atoms with E-state index in [-0.39, 0.29) is 5.43 Å². The topological polar surface area (TPSA) is 17.1 Å². The van der Waals surface area contributed by atoms with Crippen molar-refractivity contribution in [3.05, 3.63) is 45.1 Å². The summed E-state index contributed by atoms with van der Waals surface area (Å²) in [5, 5.41) is 0. The van der Waals surface area contributed by atoms with Crippen molar-refractivity contribution in [1.82, 2.24) is 0 Å². The summed E-state index contributed by atoms with van der Waals surface area (Å²) in [6, 6.07) is 5.94. The highest BCUT2D eigenvalue weighted by molar-refractivity contribution is 5.76. The summed E-state index contributed by atoms with van der Waals surface area (Å²) in [4.78, 5) is 11.0. The Morgan fingerprint density at radius 1 is 0.923 bits per heavy atom. The van der Waals surface area contributed by atoms with Gasteiger partial charge in [-0.15, -0.1) is 0 Å². The van der Waals surface area contributed by atoms with Crippen molar-refractivity contribution in [2.24, 2.45) is 0 Å². The average molecular weight is 172 g/mol. The van der Waals surface area contributed by atoms with Crippen LogP contribution in [-0.2, 0) is 0 Å². The third kappa shape index (κ3) is 1.31. The van der Waals surface area contributed by atoms with Crippen LogP contribution >= 0.6 is 0 Å². The predicted molar refractivity (Wildman–Crippen MR) is 54.7 cm³/mol. The Morgan fingerprint density at radius 3 is 1.77 bits per heavy atom. The molecule has 0 aliphatic rings. The van der Waals surface area contributed by atoms with Gasteiger partial charge in [-0.05, 0) is 43.5 Å². The first-order valence-electron chi connectivity index (χ1n) is 4.44. The largest absolute Gasteiger partial charge is 0.289 e. The highest BCUT2D eigenvalue weighted by Crippen LogP contribution is 2.27. The van der Waals surface area contributed by atoms with E-state index in [9.17, 15) is 4.79 Å². The first-order chi connectivity index (χ1) is 6.09. The van der Waals surface area contributed by atoms with Gasteiger partial charge in [0.2, 0.25) is 0 Å². The van der Waals surface area contributed by atoms with Crippen LogP contribution in [-0.4, -0.2) is 0 Å². The van der Waals surface area contributed by atoms with Crippen LogP contribution in [0.3, 0.4) is 0 Å². The molecule has 0 saturated carbocycles. The second-order valence-electron chi connectivity index (χ2n) is 3.70. The fraction of sp³-hybridized carbons (Fsp3) is 0.250. The van der Waals surface area contributed by atoms with Crippen molar-refractivity contribution in [1.29, 1.82) is 0 Å². The minimum Gasteiger partial charge on any atom is -0.289 e. The number of aryl methyl sites for hydroxylation is 3. The van der Waals surface area contributed by atoms with Crippen molar-refractivity contribution in [2.75, 3.05) is 0 Å². The van der Waals surface area contributed by atoms with Crippen molar-refractivity contribution in [3.8, 4) is 11.1 Å². The van der Waals surface area contributed by atoms with E-state index in [0.29, 0.717) is 0 Å². The summed E-state index contributed by atoms with van der Waals surface area (Å²) in [6.45, 7) is 6.19. The van der Waals surface area contributed by atoms with Crippen LogP contribution in [0.15, 0.2) is 23.0 Å². The molecule has 0 spiro atoms. The lowest BCUT2D eigenvalue weighted by Gasteiger charge is -2.06. The summed E-state index contributed by atoms with van der Waals surface area (Å²) >= 11 is 0. The van der Waals surface area contributed by atoms with Gasteiger partial charge >= 0.3 is 0 Å². The van der Waals surface area contributed by atoms with E-state index in [1.54, 1.807) is 6.07 Å². The average Bonchev–Trinajstić information content (AvgIpc) is 2.64. The van der Waals surface area contributed by atoms with Crippen molar-refractivity contribution in [3.63, 3.8) is 0 Å². The quantitative estimate of drug-likeness (QED) is 0.646. The van der Waals surface area contributed by atoms with Crippen molar-refractivity contribution in [2.45, 2.75) is 20.8 Å². The molecule has 1 nitrogen and oxygen atoms in total. The molecule has 0 fully saturated rings. The molecule has 0 radical (unpaired) electrons. The van der Waals surface area contributed by atoms with Gasteiger partial charge in [-0.2, -0.15) is 0 Å². The Morgan fingerprint density at radius 2 is 1.38 bits per heavy atom. The zero-order chi connectivity index (χ0) is 9.59. The van der Waals surface area contributed by atoms with E-state index in [2.05, 4.69) is 32.9 Å². The van der Waals surface area contributed by atoms with Gasteiger partial charge < -0.3 is 0 Å². The molecule has 2 aromatic rings. The van der Waals surface area contributed by atoms with E-state index in [0.717, 1.165) is 11.1 Å². The lowest BCUT2D eigenvalue weighted by atomic mass is 9.98. The molecule has 0 N–H and O–H groups in total.